The molecule has 1 aromatic carbocycles. The topological polar surface area (TPSA) is 17.3 Å². The molecule has 0 amide bonds. The summed E-state index contributed by atoms with van der Waals surface area (Å²) in [5.41, 5.74) is 4.48. The third-order valence-corrected chi connectivity index (χ3v) is 7.66. The van der Waals surface area contributed by atoms with E-state index in [4.69, 9.17) is 0 Å². The molecule has 2 heterocycles. The molecule has 2 atom stereocenters. The van der Waals surface area contributed by atoms with Crippen LogP contribution in [0.2, 0.25) is 0 Å². The number of fused-ring (bicyclic) bond motifs is 1. The van der Waals surface area contributed by atoms with E-state index in [9.17, 15) is 0 Å². The fourth-order valence-electron chi connectivity index (χ4n) is 4.78. The minimum absolute atomic E-state index is 0.640. The van der Waals surface area contributed by atoms with Crippen LogP contribution in [-0.2, 0) is 6.42 Å². The first kappa shape index (κ1) is 24.0. The lowest BCUT2D eigenvalue weighted by Gasteiger charge is -2.18. The Kier molecular flexibility index (Phi) is 10.1. The molecule has 0 spiro atoms. The number of imidazole rings is 1. The maximum atomic E-state index is 4.45. The Morgan fingerprint density at radius 3 is 2.42 bits per heavy atom. The highest BCUT2D eigenvalue weighted by molar-refractivity contribution is 7.15. The highest BCUT2D eigenvalue weighted by Crippen LogP contribution is 2.32. The van der Waals surface area contributed by atoms with Crippen molar-refractivity contribution in [1.82, 2.24) is 9.38 Å². The quantitative estimate of drug-likeness (QED) is 0.216. The summed E-state index contributed by atoms with van der Waals surface area (Å²) in [6.45, 7) is 6.99. The van der Waals surface area contributed by atoms with E-state index < -0.39 is 0 Å². The summed E-state index contributed by atoms with van der Waals surface area (Å²) in [7, 11) is 0. The smallest absolute Gasteiger partial charge is 0.193 e. The van der Waals surface area contributed by atoms with Gasteiger partial charge < -0.3 is 0 Å². The van der Waals surface area contributed by atoms with E-state index in [1.165, 1.54) is 93.9 Å². The van der Waals surface area contributed by atoms with Crippen LogP contribution in [0.25, 0.3) is 4.96 Å². The number of rotatable bonds is 15. The number of benzene rings is 1. The number of nitrogens with zero attached hydrogens (tertiary/aromatic N) is 2. The van der Waals surface area contributed by atoms with E-state index in [2.05, 4.69) is 66.0 Å². The van der Waals surface area contributed by atoms with Gasteiger partial charge in [-0.3, -0.25) is 4.40 Å². The Balaban J connectivity index is 1.43. The third kappa shape index (κ3) is 7.20. The summed E-state index contributed by atoms with van der Waals surface area (Å²) in [4.78, 5) is 5.58. The van der Waals surface area contributed by atoms with E-state index >= 15 is 0 Å². The average Bonchev–Trinajstić information content (AvgIpc) is 3.40. The van der Waals surface area contributed by atoms with Crippen LogP contribution in [0.1, 0.15) is 120 Å². The lowest BCUT2D eigenvalue weighted by molar-refractivity contribution is 0.501. The Hall–Kier alpha value is -1.61. The third-order valence-electron chi connectivity index (χ3n) is 6.78. The number of thiazole rings is 1. The molecule has 3 rings (SSSR count). The van der Waals surface area contributed by atoms with Gasteiger partial charge in [0.05, 0.1) is 0 Å². The maximum absolute atomic E-state index is 4.45. The predicted molar refractivity (Wildman–Crippen MR) is 137 cm³/mol. The molecule has 0 bridgehead atoms. The van der Waals surface area contributed by atoms with Crippen LogP contribution in [0.15, 0.2) is 42.0 Å². The highest BCUT2D eigenvalue weighted by atomic mass is 32.1. The molecule has 0 saturated carbocycles. The minimum Gasteiger partial charge on any atom is -0.294 e. The van der Waals surface area contributed by atoms with Crippen molar-refractivity contribution in [1.29, 1.82) is 0 Å². The molecule has 0 aliphatic carbocycles. The van der Waals surface area contributed by atoms with Gasteiger partial charge in [-0.25, -0.2) is 4.98 Å². The van der Waals surface area contributed by atoms with Crippen LogP contribution < -0.4 is 0 Å². The lowest BCUT2D eigenvalue weighted by atomic mass is 9.89. The van der Waals surface area contributed by atoms with Crippen molar-refractivity contribution in [3.8, 4) is 0 Å². The number of hydrogen-bond acceptors (Lipinski definition) is 2. The van der Waals surface area contributed by atoms with Gasteiger partial charge >= 0.3 is 0 Å². The van der Waals surface area contributed by atoms with Gasteiger partial charge in [-0.15, -0.1) is 11.3 Å². The van der Waals surface area contributed by atoms with Crippen molar-refractivity contribution in [2.75, 3.05) is 0 Å². The summed E-state index contributed by atoms with van der Waals surface area (Å²) in [5, 5.41) is 2.33. The lowest BCUT2D eigenvalue weighted by Crippen LogP contribution is -2.03. The van der Waals surface area contributed by atoms with Gasteiger partial charge in [0.25, 0.3) is 0 Å². The Labute approximate surface area is 194 Å². The first-order chi connectivity index (χ1) is 15.2. The second-order valence-electron chi connectivity index (χ2n) is 9.32. The Bertz CT molecular complexity index is 861. The highest BCUT2D eigenvalue weighted by Gasteiger charge is 2.16. The summed E-state index contributed by atoms with van der Waals surface area (Å²) in [6, 6.07) is 9.51. The maximum Gasteiger partial charge on any atom is 0.193 e. The zero-order valence-electron chi connectivity index (χ0n) is 20.0. The molecule has 3 aromatic rings. The van der Waals surface area contributed by atoms with Crippen molar-refractivity contribution in [2.45, 2.75) is 110 Å². The van der Waals surface area contributed by atoms with E-state index in [1.807, 2.05) is 6.20 Å². The number of aromatic nitrogens is 2. The van der Waals surface area contributed by atoms with Crippen LogP contribution in [0.4, 0.5) is 0 Å². The standard InChI is InChI=1S/C28H42N2S/c1-4-6-7-8-9-10-14-24-16-18-25(19-17-24)23(3)13-11-15-26(12-5-2)27-22-31-28-29-20-21-30(27)28/h16-23,26H,4-15H2,1-3H3. The molecule has 2 unspecified atom stereocenters. The second kappa shape index (κ2) is 13.1. The zero-order valence-corrected chi connectivity index (χ0v) is 20.8. The summed E-state index contributed by atoms with van der Waals surface area (Å²) in [5.74, 6) is 1.29. The molecule has 3 heteroatoms. The van der Waals surface area contributed by atoms with Crippen molar-refractivity contribution in [3.05, 3.63) is 58.9 Å². The summed E-state index contributed by atoms with van der Waals surface area (Å²) >= 11 is 1.77. The van der Waals surface area contributed by atoms with Crippen LogP contribution in [0.5, 0.6) is 0 Å². The van der Waals surface area contributed by atoms with Crippen molar-refractivity contribution in [3.63, 3.8) is 0 Å². The van der Waals surface area contributed by atoms with E-state index in [1.54, 1.807) is 11.3 Å². The van der Waals surface area contributed by atoms with Crippen LogP contribution in [0, 0.1) is 0 Å². The van der Waals surface area contributed by atoms with Crippen molar-refractivity contribution in [2.24, 2.45) is 0 Å². The fourth-order valence-corrected chi connectivity index (χ4v) is 5.72. The zero-order chi connectivity index (χ0) is 21.9. The van der Waals surface area contributed by atoms with Gasteiger partial charge in [0.15, 0.2) is 4.96 Å². The van der Waals surface area contributed by atoms with Crippen molar-refractivity contribution >= 4 is 16.3 Å². The second-order valence-corrected chi connectivity index (χ2v) is 10.2. The molecule has 0 N–H and O–H groups in total. The monoisotopic (exact) mass is 438 g/mol. The van der Waals surface area contributed by atoms with E-state index in [0.29, 0.717) is 11.8 Å². The van der Waals surface area contributed by atoms with E-state index in [0.717, 1.165) is 4.96 Å². The van der Waals surface area contributed by atoms with Crippen molar-refractivity contribution < 1.29 is 0 Å². The molecule has 0 radical (unpaired) electrons. The molecular formula is C28H42N2S. The molecule has 0 aliphatic heterocycles. The Morgan fingerprint density at radius 2 is 1.65 bits per heavy atom. The number of unbranched alkanes of at least 4 members (excludes halogenated alkanes) is 5. The summed E-state index contributed by atoms with van der Waals surface area (Å²) in [6.07, 6.45) is 19.9. The summed E-state index contributed by atoms with van der Waals surface area (Å²) < 4.78 is 2.30. The SMILES string of the molecule is CCCCCCCCc1ccc(C(C)CCCC(CCC)c2csc3nccn23)cc1. The first-order valence-electron chi connectivity index (χ1n) is 12.7. The van der Waals surface area contributed by atoms with Gasteiger partial charge in [-0.1, -0.05) is 90.0 Å². The Morgan fingerprint density at radius 1 is 0.871 bits per heavy atom. The average molecular weight is 439 g/mol. The molecule has 0 fully saturated rings. The minimum atomic E-state index is 0.640. The fraction of sp³-hybridized carbons (Fsp3) is 0.607. The normalized spacial score (nSPS) is 13.6. The predicted octanol–water partition coefficient (Wildman–Crippen LogP) is 9.16. The number of aryl methyl sites for hydroxylation is 1. The van der Waals surface area contributed by atoms with Gasteiger partial charge in [-0.05, 0) is 49.1 Å². The number of hydrogen-bond donors (Lipinski definition) is 0. The molecule has 0 aliphatic rings. The molecule has 170 valence electrons. The van der Waals surface area contributed by atoms with Crippen LogP contribution in [0.3, 0.4) is 0 Å². The molecule has 0 saturated heterocycles. The molecule has 31 heavy (non-hydrogen) atoms. The van der Waals surface area contributed by atoms with Crippen LogP contribution >= 0.6 is 11.3 Å². The van der Waals surface area contributed by atoms with Gasteiger partial charge in [0.2, 0.25) is 0 Å². The molecule has 2 nitrogen and oxygen atoms in total. The van der Waals surface area contributed by atoms with Gasteiger partial charge in [0.1, 0.15) is 0 Å². The van der Waals surface area contributed by atoms with Crippen LogP contribution in [-0.4, -0.2) is 9.38 Å². The molecule has 2 aromatic heterocycles. The van der Waals surface area contributed by atoms with Gasteiger partial charge in [-0.2, -0.15) is 0 Å². The largest absolute Gasteiger partial charge is 0.294 e. The first-order valence-corrected chi connectivity index (χ1v) is 13.6. The molecular weight excluding hydrogens is 396 g/mol. The van der Waals surface area contributed by atoms with E-state index in [-0.39, 0.29) is 0 Å². The van der Waals surface area contributed by atoms with Gasteiger partial charge in [0, 0.05) is 29.4 Å².